The highest BCUT2D eigenvalue weighted by molar-refractivity contribution is 5.57. The third-order valence-corrected chi connectivity index (χ3v) is 4.02. The van der Waals surface area contributed by atoms with E-state index in [9.17, 15) is 10.1 Å². The third kappa shape index (κ3) is 3.31. The predicted octanol–water partition coefficient (Wildman–Crippen LogP) is 2.33. The molecule has 0 spiro atoms. The Labute approximate surface area is 124 Å². The molecule has 1 saturated heterocycles. The van der Waals surface area contributed by atoms with E-state index in [1.807, 2.05) is 19.9 Å². The Morgan fingerprint density at radius 3 is 2.52 bits per heavy atom. The van der Waals surface area contributed by atoms with Gasteiger partial charge in [0.25, 0.3) is 5.69 Å². The average molecular weight is 288 g/mol. The van der Waals surface area contributed by atoms with Gasteiger partial charge in [0.1, 0.15) is 0 Å². The SMILES string of the molecule is CCC(C#N)N1CCN(c2ccc([N+](=O)[O-])cc2C)CC1. The van der Waals surface area contributed by atoms with E-state index < -0.39 is 0 Å². The molecule has 6 nitrogen and oxygen atoms in total. The molecule has 0 amide bonds. The fourth-order valence-corrected chi connectivity index (χ4v) is 2.81. The van der Waals surface area contributed by atoms with Crippen LogP contribution in [0.3, 0.4) is 0 Å². The number of rotatable bonds is 4. The largest absolute Gasteiger partial charge is 0.369 e. The molecule has 0 aromatic heterocycles. The third-order valence-electron chi connectivity index (χ3n) is 4.02. The molecule has 0 saturated carbocycles. The minimum absolute atomic E-state index is 0.00916. The number of piperazine rings is 1. The lowest BCUT2D eigenvalue weighted by Gasteiger charge is -2.38. The van der Waals surface area contributed by atoms with E-state index in [2.05, 4.69) is 15.9 Å². The van der Waals surface area contributed by atoms with Crippen molar-refractivity contribution in [1.82, 2.24) is 4.90 Å². The van der Waals surface area contributed by atoms with Crippen molar-refractivity contribution in [2.45, 2.75) is 26.3 Å². The summed E-state index contributed by atoms with van der Waals surface area (Å²) in [6.07, 6.45) is 0.840. The van der Waals surface area contributed by atoms with Crippen molar-refractivity contribution in [3.8, 4) is 6.07 Å². The van der Waals surface area contributed by atoms with Crippen LogP contribution >= 0.6 is 0 Å². The van der Waals surface area contributed by atoms with E-state index >= 15 is 0 Å². The standard InChI is InChI=1S/C15H20N4O2/c1-3-13(11-16)17-6-8-18(9-7-17)15-5-4-14(19(20)21)10-12(15)2/h4-5,10,13H,3,6-9H2,1-2H3. The quantitative estimate of drug-likeness (QED) is 0.628. The van der Waals surface area contributed by atoms with Crippen LogP contribution in [-0.2, 0) is 0 Å². The van der Waals surface area contributed by atoms with Gasteiger partial charge in [0.05, 0.1) is 17.0 Å². The molecule has 0 N–H and O–H groups in total. The molecule has 0 radical (unpaired) electrons. The van der Waals surface area contributed by atoms with Crippen molar-refractivity contribution >= 4 is 11.4 Å². The molecule has 1 aromatic carbocycles. The van der Waals surface area contributed by atoms with Gasteiger partial charge in [-0.1, -0.05) is 6.92 Å². The zero-order chi connectivity index (χ0) is 15.4. The second-order valence-corrected chi connectivity index (χ2v) is 5.30. The first-order chi connectivity index (χ1) is 10.1. The first kappa shape index (κ1) is 15.3. The number of non-ortho nitro benzene ring substituents is 1. The topological polar surface area (TPSA) is 73.4 Å². The smallest absolute Gasteiger partial charge is 0.269 e. The zero-order valence-electron chi connectivity index (χ0n) is 12.5. The zero-order valence-corrected chi connectivity index (χ0v) is 12.5. The number of nitro groups is 1. The summed E-state index contributed by atoms with van der Waals surface area (Å²) < 4.78 is 0. The molecular formula is C15H20N4O2. The summed E-state index contributed by atoms with van der Waals surface area (Å²) in [5.74, 6) is 0. The predicted molar refractivity (Wildman–Crippen MR) is 81.3 cm³/mol. The number of nitro benzene ring substituents is 1. The van der Waals surface area contributed by atoms with Gasteiger partial charge in [-0.2, -0.15) is 5.26 Å². The van der Waals surface area contributed by atoms with Crippen molar-refractivity contribution in [1.29, 1.82) is 5.26 Å². The molecule has 112 valence electrons. The summed E-state index contributed by atoms with van der Waals surface area (Å²) >= 11 is 0. The average Bonchev–Trinajstić information content (AvgIpc) is 2.49. The Kier molecular flexibility index (Phi) is 4.76. The lowest BCUT2D eigenvalue weighted by molar-refractivity contribution is -0.384. The van der Waals surface area contributed by atoms with Crippen LogP contribution in [0.2, 0.25) is 0 Å². The molecule has 1 fully saturated rings. The van der Waals surface area contributed by atoms with E-state index in [1.54, 1.807) is 12.1 Å². The van der Waals surface area contributed by atoms with Crippen LogP contribution in [0.5, 0.6) is 0 Å². The maximum atomic E-state index is 10.8. The second kappa shape index (κ2) is 6.55. The Morgan fingerprint density at radius 1 is 1.38 bits per heavy atom. The molecule has 1 atom stereocenters. The van der Waals surface area contributed by atoms with Crippen LogP contribution in [0.1, 0.15) is 18.9 Å². The van der Waals surface area contributed by atoms with Crippen molar-refractivity contribution < 1.29 is 4.92 Å². The molecule has 6 heteroatoms. The molecule has 1 aliphatic heterocycles. The first-order valence-corrected chi connectivity index (χ1v) is 7.20. The molecular weight excluding hydrogens is 268 g/mol. The van der Waals surface area contributed by atoms with Gasteiger partial charge in [-0.25, -0.2) is 0 Å². The summed E-state index contributed by atoms with van der Waals surface area (Å²) in [6.45, 7) is 7.32. The van der Waals surface area contributed by atoms with Gasteiger partial charge >= 0.3 is 0 Å². The Balaban J connectivity index is 2.06. The molecule has 2 rings (SSSR count). The Hall–Kier alpha value is -2.13. The lowest BCUT2D eigenvalue weighted by atomic mass is 10.1. The van der Waals surface area contributed by atoms with Gasteiger partial charge in [-0.15, -0.1) is 0 Å². The summed E-state index contributed by atoms with van der Waals surface area (Å²) in [5.41, 5.74) is 2.10. The van der Waals surface area contributed by atoms with Gasteiger partial charge in [-0.05, 0) is 25.0 Å². The number of nitriles is 1. The van der Waals surface area contributed by atoms with E-state index in [0.717, 1.165) is 43.9 Å². The van der Waals surface area contributed by atoms with Crippen LogP contribution < -0.4 is 4.90 Å². The number of nitrogens with zero attached hydrogens (tertiary/aromatic N) is 4. The number of hydrogen-bond donors (Lipinski definition) is 0. The maximum absolute atomic E-state index is 10.8. The van der Waals surface area contributed by atoms with Crippen molar-refractivity contribution in [3.05, 3.63) is 33.9 Å². The van der Waals surface area contributed by atoms with E-state index in [0.29, 0.717) is 0 Å². The minimum atomic E-state index is -0.368. The Morgan fingerprint density at radius 2 is 2.05 bits per heavy atom. The molecule has 0 bridgehead atoms. The molecule has 1 heterocycles. The summed E-state index contributed by atoms with van der Waals surface area (Å²) in [5, 5.41) is 19.9. The molecule has 1 unspecified atom stereocenters. The van der Waals surface area contributed by atoms with Crippen molar-refractivity contribution in [3.63, 3.8) is 0 Å². The first-order valence-electron chi connectivity index (χ1n) is 7.20. The number of hydrogen-bond acceptors (Lipinski definition) is 5. The molecule has 1 aromatic rings. The number of benzene rings is 1. The highest BCUT2D eigenvalue weighted by Crippen LogP contribution is 2.26. The number of aryl methyl sites for hydroxylation is 1. The number of anilines is 1. The van der Waals surface area contributed by atoms with E-state index in [4.69, 9.17) is 5.26 Å². The summed E-state index contributed by atoms with van der Waals surface area (Å²) in [4.78, 5) is 14.9. The van der Waals surface area contributed by atoms with E-state index in [1.165, 1.54) is 0 Å². The van der Waals surface area contributed by atoms with Crippen molar-refractivity contribution in [2.75, 3.05) is 31.1 Å². The van der Waals surface area contributed by atoms with Gasteiger partial charge in [0.2, 0.25) is 0 Å². The molecule has 1 aliphatic rings. The van der Waals surface area contributed by atoms with Gasteiger partial charge in [-0.3, -0.25) is 15.0 Å². The highest BCUT2D eigenvalue weighted by Gasteiger charge is 2.23. The molecule has 21 heavy (non-hydrogen) atoms. The molecule has 0 aliphatic carbocycles. The van der Waals surface area contributed by atoms with Gasteiger partial charge in [0, 0.05) is 44.0 Å². The normalized spacial score (nSPS) is 17.3. The van der Waals surface area contributed by atoms with E-state index in [-0.39, 0.29) is 16.7 Å². The van der Waals surface area contributed by atoms with Crippen molar-refractivity contribution in [2.24, 2.45) is 0 Å². The van der Waals surface area contributed by atoms with Crippen LogP contribution in [0, 0.1) is 28.4 Å². The van der Waals surface area contributed by atoms with Crippen LogP contribution in [0.4, 0.5) is 11.4 Å². The fraction of sp³-hybridized carbons (Fsp3) is 0.533. The monoisotopic (exact) mass is 288 g/mol. The maximum Gasteiger partial charge on any atom is 0.269 e. The van der Waals surface area contributed by atoms with Gasteiger partial charge < -0.3 is 4.90 Å². The fourth-order valence-electron chi connectivity index (χ4n) is 2.81. The Bertz CT molecular complexity index is 559. The van der Waals surface area contributed by atoms with Gasteiger partial charge in [0.15, 0.2) is 0 Å². The second-order valence-electron chi connectivity index (χ2n) is 5.30. The highest BCUT2D eigenvalue weighted by atomic mass is 16.6. The lowest BCUT2D eigenvalue weighted by Crippen LogP contribution is -2.50. The minimum Gasteiger partial charge on any atom is -0.369 e. The summed E-state index contributed by atoms with van der Waals surface area (Å²) in [6, 6.07) is 7.33. The van der Waals surface area contributed by atoms with Crippen LogP contribution in [-0.4, -0.2) is 42.0 Å². The summed E-state index contributed by atoms with van der Waals surface area (Å²) in [7, 11) is 0. The van der Waals surface area contributed by atoms with Crippen LogP contribution in [0.25, 0.3) is 0 Å². The van der Waals surface area contributed by atoms with Crippen LogP contribution in [0.15, 0.2) is 18.2 Å².